The second kappa shape index (κ2) is 9.83. The zero-order valence-electron chi connectivity index (χ0n) is 14.6. The normalized spacial score (nSPS) is 9.75. The first-order chi connectivity index (χ1) is 13.4. The molecule has 0 saturated heterocycles. The Kier molecular flexibility index (Phi) is 7.22. The average Bonchev–Trinajstić information content (AvgIpc) is 2.70. The highest BCUT2D eigenvalue weighted by Crippen LogP contribution is 2.25. The minimum atomic E-state index is -0.591. The molecule has 0 radical (unpaired) electrons. The number of benzene rings is 2. The maximum atomic E-state index is 12.0. The number of carbonyl (C=O) groups excluding carboxylic acids is 2. The monoisotopic (exact) mass is 404 g/mol. The SMILES string of the molecule is COc1ccccc1OCC(=O)NNC(=S)NC(=O)c1ccc([N+](=O)[O-])cc1. The standard InChI is InChI=1S/C17H16N4O6S/c1-26-13-4-2-3-5-14(13)27-10-15(22)19-20-17(28)18-16(23)11-6-8-12(9-7-11)21(24)25/h2-9H,10H2,1H3,(H,19,22)(H2,18,20,23,28). The summed E-state index contributed by atoms with van der Waals surface area (Å²) < 4.78 is 10.4. The van der Waals surface area contributed by atoms with Crippen LogP contribution >= 0.6 is 12.2 Å². The maximum Gasteiger partial charge on any atom is 0.276 e. The molecule has 0 aliphatic carbocycles. The van der Waals surface area contributed by atoms with Gasteiger partial charge in [-0.05, 0) is 36.5 Å². The second-order valence-electron chi connectivity index (χ2n) is 5.20. The minimum Gasteiger partial charge on any atom is -0.493 e. The Hall–Kier alpha value is -3.73. The van der Waals surface area contributed by atoms with E-state index in [1.165, 1.54) is 31.4 Å². The number of nitro groups is 1. The number of carbonyl (C=O) groups is 2. The van der Waals surface area contributed by atoms with Crippen molar-refractivity contribution in [1.29, 1.82) is 0 Å². The summed E-state index contributed by atoms with van der Waals surface area (Å²) in [5.74, 6) is -0.256. The quantitative estimate of drug-likeness (QED) is 0.373. The molecule has 2 aromatic carbocycles. The van der Waals surface area contributed by atoms with E-state index in [2.05, 4.69) is 16.2 Å². The molecule has 0 heterocycles. The first kappa shape index (κ1) is 20.6. The van der Waals surface area contributed by atoms with Gasteiger partial charge in [0.2, 0.25) is 0 Å². The molecule has 0 aromatic heterocycles. The molecule has 0 spiro atoms. The summed E-state index contributed by atoms with van der Waals surface area (Å²) in [4.78, 5) is 33.8. The summed E-state index contributed by atoms with van der Waals surface area (Å²) in [6.45, 7) is -0.313. The van der Waals surface area contributed by atoms with Gasteiger partial charge in [0, 0.05) is 17.7 Å². The number of hydrogen-bond acceptors (Lipinski definition) is 7. The number of hydrogen-bond donors (Lipinski definition) is 3. The minimum absolute atomic E-state index is 0.139. The molecule has 0 aliphatic rings. The van der Waals surface area contributed by atoms with Crippen LogP contribution in [-0.2, 0) is 4.79 Å². The number of nitrogens with one attached hydrogen (secondary N) is 3. The highest BCUT2D eigenvalue weighted by molar-refractivity contribution is 7.80. The summed E-state index contributed by atoms with van der Waals surface area (Å²) >= 11 is 4.91. The van der Waals surface area contributed by atoms with Crippen LogP contribution in [0.1, 0.15) is 10.4 Å². The van der Waals surface area contributed by atoms with Gasteiger partial charge in [0.05, 0.1) is 12.0 Å². The van der Waals surface area contributed by atoms with Gasteiger partial charge in [0.15, 0.2) is 23.2 Å². The van der Waals surface area contributed by atoms with Crippen molar-refractivity contribution in [2.24, 2.45) is 0 Å². The van der Waals surface area contributed by atoms with Crippen LogP contribution in [0, 0.1) is 10.1 Å². The average molecular weight is 404 g/mol. The van der Waals surface area contributed by atoms with Gasteiger partial charge in [-0.2, -0.15) is 0 Å². The number of thiocarbonyl (C=S) groups is 1. The van der Waals surface area contributed by atoms with E-state index in [1.807, 2.05) is 0 Å². The van der Waals surface area contributed by atoms with Crippen molar-refractivity contribution in [3.05, 3.63) is 64.2 Å². The van der Waals surface area contributed by atoms with Gasteiger partial charge < -0.3 is 9.47 Å². The zero-order chi connectivity index (χ0) is 20.5. The van der Waals surface area contributed by atoms with E-state index in [0.29, 0.717) is 11.5 Å². The summed E-state index contributed by atoms with van der Waals surface area (Å²) in [6.07, 6.45) is 0. The number of nitrogens with zero attached hydrogens (tertiary/aromatic N) is 1. The van der Waals surface area contributed by atoms with Crippen LogP contribution < -0.4 is 25.6 Å². The van der Waals surface area contributed by atoms with E-state index >= 15 is 0 Å². The first-order valence-corrected chi connectivity index (χ1v) is 8.22. The van der Waals surface area contributed by atoms with E-state index < -0.39 is 16.7 Å². The summed E-state index contributed by atoms with van der Waals surface area (Å²) in [7, 11) is 1.48. The molecule has 2 rings (SSSR count). The van der Waals surface area contributed by atoms with Crippen LogP contribution in [0.5, 0.6) is 11.5 Å². The van der Waals surface area contributed by atoms with Gasteiger partial charge in [-0.3, -0.25) is 35.9 Å². The van der Waals surface area contributed by atoms with Gasteiger partial charge >= 0.3 is 0 Å². The number of amides is 2. The molecular formula is C17H16N4O6S. The fraction of sp³-hybridized carbons (Fsp3) is 0.118. The fourth-order valence-electron chi connectivity index (χ4n) is 1.98. The molecule has 0 fully saturated rings. The highest BCUT2D eigenvalue weighted by Gasteiger charge is 2.12. The molecule has 0 aliphatic heterocycles. The van der Waals surface area contributed by atoms with Gasteiger partial charge in [-0.15, -0.1) is 0 Å². The molecule has 0 unspecified atom stereocenters. The number of rotatable bonds is 6. The molecule has 2 aromatic rings. The van der Waals surface area contributed by atoms with Gasteiger partial charge in [-0.25, -0.2) is 0 Å². The molecule has 10 nitrogen and oxygen atoms in total. The Morgan fingerprint density at radius 2 is 1.71 bits per heavy atom. The molecule has 2 amide bonds. The van der Waals surface area contributed by atoms with Crippen molar-refractivity contribution in [1.82, 2.24) is 16.2 Å². The molecule has 28 heavy (non-hydrogen) atoms. The predicted molar refractivity (Wildman–Crippen MR) is 103 cm³/mol. The van der Waals surface area contributed by atoms with Crippen LogP contribution in [-0.4, -0.2) is 35.6 Å². The number of nitro benzene ring substituents is 1. The van der Waals surface area contributed by atoms with E-state index in [4.69, 9.17) is 21.7 Å². The Morgan fingerprint density at radius 1 is 1.07 bits per heavy atom. The fourth-order valence-corrected chi connectivity index (χ4v) is 2.13. The molecule has 0 atom stereocenters. The first-order valence-electron chi connectivity index (χ1n) is 7.81. The Morgan fingerprint density at radius 3 is 2.32 bits per heavy atom. The van der Waals surface area contributed by atoms with Crippen LogP contribution in [0.25, 0.3) is 0 Å². The Labute approximate surface area is 164 Å². The van der Waals surface area contributed by atoms with E-state index in [9.17, 15) is 19.7 Å². The third-order valence-corrected chi connectivity index (χ3v) is 3.51. The highest BCUT2D eigenvalue weighted by atomic mass is 32.1. The van der Waals surface area contributed by atoms with Gasteiger partial charge in [0.1, 0.15) is 0 Å². The van der Waals surface area contributed by atoms with Crippen LogP contribution in [0.15, 0.2) is 48.5 Å². The Bertz CT molecular complexity index is 887. The predicted octanol–water partition coefficient (Wildman–Crippen LogP) is 1.32. The van der Waals surface area contributed by atoms with Crippen molar-refractivity contribution in [2.75, 3.05) is 13.7 Å². The smallest absolute Gasteiger partial charge is 0.276 e. The van der Waals surface area contributed by atoms with Crippen molar-refractivity contribution < 1.29 is 24.0 Å². The van der Waals surface area contributed by atoms with Gasteiger partial charge in [0.25, 0.3) is 17.5 Å². The maximum absolute atomic E-state index is 12.0. The lowest BCUT2D eigenvalue weighted by Crippen LogP contribution is -2.49. The summed E-state index contributed by atoms with van der Waals surface area (Å²) in [5.41, 5.74) is 4.66. The lowest BCUT2D eigenvalue weighted by atomic mass is 10.2. The number of hydrazine groups is 1. The second-order valence-corrected chi connectivity index (χ2v) is 5.61. The zero-order valence-corrected chi connectivity index (χ0v) is 15.4. The van der Waals surface area contributed by atoms with Crippen LogP contribution in [0.3, 0.4) is 0 Å². The lowest BCUT2D eigenvalue weighted by Gasteiger charge is -2.12. The third kappa shape index (κ3) is 5.92. The molecule has 0 saturated carbocycles. The van der Waals surface area contributed by atoms with E-state index in [0.717, 1.165) is 0 Å². The summed E-state index contributed by atoms with van der Waals surface area (Å²) in [6, 6.07) is 11.8. The van der Waals surface area contributed by atoms with Crippen LogP contribution in [0.2, 0.25) is 0 Å². The van der Waals surface area contributed by atoms with Crippen LogP contribution in [0.4, 0.5) is 5.69 Å². The molecule has 0 bridgehead atoms. The van der Waals surface area contributed by atoms with Crippen molar-refractivity contribution in [2.45, 2.75) is 0 Å². The van der Waals surface area contributed by atoms with Crippen molar-refractivity contribution in [3.63, 3.8) is 0 Å². The summed E-state index contributed by atoms with van der Waals surface area (Å²) in [5, 5.41) is 12.8. The van der Waals surface area contributed by atoms with E-state index in [1.54, 1.807) is 24.3 Å². The molecule has 3 N–H and O–H groups in total. The largest absolute Gasteiger partial charge is 0.493 e. The molecule has 11 heteroatoms. The van der Waals surface area contributed by atoms with E-state index in [-0.39, 0.29) is 23.0 Å². The van der Waals surface area contributed by atoms with Crippen molar-refractivity contribution >= 4 is 34.8 Å². The number of non-ortho nitro benzene ring substituents is 1. The van der Waals surface area contributed by atoms with Gasteiger partial charge in [-0.1, -0.05) is 12.1 Å². The molecular weight excluding hydrogens is 388 g/mol. The number of methoxy groups -OCH3 is 1. The number of ether oxygens (including phenoxy) is 2. The topological polar surface area (TPSA) is 132 Å². The molecule has 146 valence electrons. The number of para-hydroxylation sites is 2. The third-order valence-electron chi connectivity index (χ3n) is 3.31. The van der Waals surface area contributed by atoms with Crippen molar-refractivity contribution in [3.8, 4) is 11.5 Å². The Balaban J connectivity index is 1.77. The lowest BCUT2D eigenvalue weighted by molar-refractivity contribution is -0.384.